The molecule has 0 bridgehead atoms. The van der Waals surface area contributed by atoms with Crippen molar-refractivity contribution < 1.29 is 14.6 Å². The van der Waals surface area contributed by atoms with E-state index in [-0.39, 0.29) is 5.54 Å². The van der Waals surface area contributed by atoms with Crippen LogP contribution in [0.4, 0.5) is 0 Å². The molecule has 0 amide bonds. The molecule has 1 heterocycles. The van der Waals surface area contributed by atoms with Crippen molar-refractivity contribution in [1.82, 2.24) is 5.32 Å². The fourth-order valence-electron chi connectivity index (χ4n) is 1.54. The second-order valence-corrected chi connectivity index (χ2v) is 3.84. The van der Waals surface area contributed by atoms with E-state index in [2.05, 4.69) is 12.2 Å². The molecule has 1 fully saturated rings. The van der Waals surface area contributed by atoms with Crippen LogP contribution in [0.5, 0.6) is 0 Å². The van der Waals surface area contributed by atoms with Gasteiger partial charge in [-0.1, -0.05) is 6.08 Å². The predicted octanol–water partition coefficient (Wildman–Crippen LogP) is 0.786. The number of hydrogen-bond acceptors (Lipinski definition) is 3. The van der Waals surface area contributed by atoms with E-state index in [0.717, 1.165) is 25.5 Å². The molecule has 4 nitrogen and oxygen atoms in total. The van der Waals surface area contributed by atoms with Gasteiger partial charge >= 0.3 is 5.97 Å². The van der Waals surface area contributed by atoms with E-state index < -0.39 is 5.97 Å². The molecular weight excluding hydrogens is 182 g/mol. The second kappa shape index (κ2) is 5.12. The highest BCUT2D eigenvalue weighted by Crippen LogP contribution is 2.17. The molecule has 80 valence electrons. The summed E-state index contributed by atoms with van der Waals surface area (Å²) in [6.07, 6.45) is 4.91. The fraction of sp³-hybridized carbons (Fsp3) is 0.700. The Hall–Kier alpha value is -0.870. The first kappa shape index (κ1) is 11.2. The number of ether oxygens (including phenoxy) is 1. The lowest BCUT2D eigenvalue weighted by Gasteiger charge is -2.34. The highest BCUT2D eigenvalue weighted by molar-refractivity contribution is 5.79. The van der Waals surface area contributed by atoms with Gasteiger partial charge in [-0.3, -0.25) is 0 Å². The zero-order chi connectivity index (χ0) is 10.4. The summed E-state index contributed by atoms with van der Waals surface area (Å²) in [4.78, 5) is 10.2. The van der Waals surface area contributed by atoms with Gasteiger partial charge in [0.25, 0.3) is 0 Å². The second-order valence-electron chi connectivity index (χ2n) is 3.84. The first-order valence-electron chi connectivity index (χ1n) is 4.85. The van der Waals surface area contributed by atoms with E-state index >= 15 is 0 Å². The molecule has 0 aromatic rings. The zero-order valence-corrected chi connectivity index (χ0v) is 8.45. The van der Waals surface area contributed by atoms with Gasteiger partial charge in [0.2, 0.25) is 0 Å². The Balaban J connectivity index is 2.25. The lowest BCUT2D eigenvalue weighted by molar-refractivity contribution is -0.131. The molecule has 0 radical (unpaired) electrons. The summed E-state index contributed by atoms with van der Waals surface area (Å²) >= 11 is 0. The molecule has 0 aromatic heterocycles. The van der Waals surface area contributed by atoms with Crippen LogP contribution in [0.15, 0.2) is 12.2 Å². The van der Waals surface area contributed by atoms with Crippen LogP contribution in [-0.2, 0) is 9.53 Å². The minimum absolute atomic E-state index is 0.00108. The molecule has 0 aliphatic carbocycles. The van der Waals surface area contributed by atoms with E-state index in [1.54, 1.807) is 6.08 Å². The lowest BCUT2D eigenvalue weighted by atomic mass is 9.95. The maximum Gasteiger partial charge on any atom is 0.328 e. The predicted molar refractivity (Wildman–Crippen MR) is 53.2 cm³/mol. The van der Waals surface area contributed by atoms with Crippen molar-refractivity contribution in [3.8, 4) is 0 Å². The van der Waals surface area contributed by atoms with Crippen LogP contribution >= 0.6 is 0 Å². The topological polar surface area (TPSA) is 58.6 Å². The fourth-order valence-corrected chi connectivity index (χ4v) is 1.54. The Morgan fingerprint density at radius 1 is 1.71 bits per heavy atom. The van der Waals surface area contributed by atoms with Gasteiger partial charge in [0.05, 0.1) is 6.61 Å². The highest BCUT2D eigenvalue weighted by atomic mass is 16.5. The monoisotopic (exact) mass is 199 g/mol. The Labute approximate surface area is 83.9 Å². The molecule has 1 atom stereocenters. The first-order valence-corrected chi connectivity index (χ1v) is 4.85. The van der Waals surface area contributed by atoms with Crippen LogP contribution in [0.3, 0.4) is 0 Å². The van der Waals surface area contributed by atoms with Crippen LogP contribution in [0, 0.1) is 0 Å². The molecule has 14 heavy (non-hydrogen) atoms. The third-order valence-electron chi connectivity index (χ3n) is 2.34. The molecule has 0 aromatic carbocycles. The summed E-state index contributed by atoms with van der Waals surface area (Å²) < 4.78 is 5.36. The minimum atomic E-state index is -0.906. The Morgan fingerprint density at radius 3 is 3.07 bits per heavy atom. The molecule has 4 heteroatoms. The van der Waals surface area contributed by atoms with Gasteiger partial charge in [-0.05, 0) is 19.8 Å². The van der Waals surface area contributed by atoms with Gasteiger partial charge in [0, 0.05) is 24.8 Å². The van der Waals surface area contributed by atoms with Gasteiger partial charge in [0.1, 0.15) is 0 Å². The smallest absolute Gasteiger partial charge is 0.328 e. The van der Waals surface area contributed by atoms with Crippen molar-refractivity contribution in [2.24, 2.45) is 0 Å². The standard InChI is InChI=1S/C10H17NO3/c1-10(5-3-7-14-8-10)11-6-2-4-9(12)13/h2,4,11H,3,5-8H2,1H3,(H,12,13)/b4-2+. The van der Waals surface area contributed by atoms with E-state index in [1.807, 2.05) is 0 Å². The number of nitrogens with one attached hydrogen (secondary N) is 1. The summed E-state index contributed by atoms with van der Waals surface area (Å²) in [5.74, 6) is -0.906. The van der Waals surface area contributed by atoms with Crippen LogP contribution in [0.1, 0.15) is 19.8 Å². The molecule has 2 N–H and O–H groups in total. The summed E-state index contributed by atoms with van der Waals surface area (Å²) in [5, 5.41) is 11.7. The highest BCUT2D eigenvalue weighted by Gasteiger charge is 2.25. The summed E-state index contributed by atoms with van der Waals surface area (Å²) in [6, 6.07) is 0. The maximum atomic E-state index is 10.2. The van der Waals surface area contributed by atoms with Crippen molar-refractivity contribution in [2.75, 3.05) is 19.8 Å². The van der Waals surface area contributed by atoms with E-state index in [4.69, 9.17) is 9.84 Å². The van der Waals surface area contributed by atoms with Crippen LogP contribution in [0.25, 0.3) is 0 Å². The molecule has 1 rings (SSSR count). The molecule has 0 saturated carbocycles. The summed E-state index contributed by atoms with van der Waals surface area (Å²) in [7, 11) is 0. The van der Waals surface area contributed by atoms with Gasteiger partial charge in [-0.25, -0.2) is 4.79 Å². The molecule has 0 spiro atoms. The van der Waals surface area contributed by atoms with Crippen molar-refractivity contribution in [3.05, 3.63) is 12.2 Å². The average molecular weight is 199 g/mol. The Morgan fingerprint density at radius 2 is 2.50 bits per heavy atom. The van der Waals surface area contributed by atoms with Crippen molar-refractivity contribution in [3.63, 3.8) is 0 Å². The summed E-state index contributed by atoms with van der Waals surface area (Å²) in [6.45, 7) is 4.21. The number of rotatable bonds is 4. The lowest BCUT2D eigenvalue weighted by Crippen LogP contribution is -2.48. The van der Waals surface area contributed by atoms with Crippen LogP contribution in [0.2, 0.25) is 0 Å². The average Bonchev–Trinajstić information content (AvgIpc) is 2.14. The third kappa shape index (κ3) is 3.89. The van der Waals surface area contributed by atoms with Gasteiger partial charge < -0.3 is 15.2 Å². The van der Waals surface area contributed by atoms with Crippen LogP contribution < -0.4 is 5.32 Å². The zero-order valence-electron chi connectivity index (χ0n) is 8.45. The van der Waals surface area contributed by atoms with E-state index in [0.29, 0.717) is 13.2 Å². The largest absolute Gasteiger partial charge is 0.478 e. The van der Waals surface area contributed by atoms with E-state index in [9.17, 15) is 4.79 Å². The number of carboxylic acid groups (broad SMARTS) is 1. The van der Waals surface area contributed by atoms with Crippen molar-refractivity contribution in [2.45, 2.75) is 25.3 Å². The third-order valence-corrected chi connectivity index (χ3v) is 2.34. The first-order chi connectivity index (χ1) is 6.62. The molecule has 1 saturated heterocycles. The molecule has 1 aliphatic rings. The maximum absolute atomic E-state index is 10.2. The molecular formula is C10H17NO3. The number of carboxylic acids is 1. The number of aliphatic carboxylic acids is 1. The van der Waals surface area contributed by atoms with Gasteiger partial charge in [0.15, 0.2) is 0 Å². The number of hydrogen-bond donors (Lipinski definition) is 2. The van der Waals surface area contributed by atoms with Gasteiger partial charge in [-0.2, -0.15) is 0 Å². The Kier molecular flexibility index (Phi) is 4.10. The van der Waals surface area contributed by atoms with Crippen molar-refractivity contribution in [1.29, 1.82) is 0 Å². The molecule has 1 unspecified atom stereocenters. The Bertz CT molecular complexity index is 219. The quantitative estimate of drug-likeness (QED) is 0.657. The number of carbonyl (C=O) groups is 1. The van der Waals surface area contributed by atoms with Crippen molar-refractivity contribution >= 4 is 5.97 Å². The van der Waals surface area contributed by atoms with Crippen LogP contribution in [-0.4, -0.2) is 36.4 Å². The van der Waals surface area contributed by atoms with E-state index in [1.165, 1.54) is 0 Å². The van der Waals surface area contributed by atoms with Gasteiger partial charge in [-0.15, -0.1) is 0 Å². The normalized spacial score (nSPS) is 28.1. The summed E-state index contributed by atoms with van der Waals surface area (Å²) in [5.41, 5.74) is 0.00108. The SMILES string of the molecule is CC1(NC/C=C/C(=O)O)CCCOC1. The minimum Gasteiger partial charge on any atom is -0.478 e. The molecule has 1 aliphatic heterocycles.